The Morgan fingerprint density at radius 3 is 2.24 bits per heavy atom. The number of aliphatic hydroxyl groups excluding tert-OH is 1. The van der Waals surface area contributed by atoms with Crippen LogP contribution in [0, 0.1) is 0 Å². The second-order valence-corrected chi connectivity index (χ2v) is 8.97. The summed E-state index contributed by atoms with van der Waals surface area (Å²) in [6.45, 7) is 1.82. The number of hydrogen-bond donors (Lipinski definition) is 1. The fourth-order valence-electron chi connectivity index (χ4n) is 4.62. The maximum atomic E-state index is 13.4. The third kappa shape index (κ3) is 5.01. The topological polar surface area (TPSA) is 107 Å². The first-order valence-corrected chi connectivity index (χ1v) is 11.9. The van der Waals surface area contributed by atoms with Gasteiger partial charge in [-0.05, 0) is 63.0 Å². The van der Waals surface area contributed by atoms with Gasteiger partial charge < -0.3 is 38.6 Å². The molecular formula is C27H32N2O8. The zero-order chi connectivity index (χ0) is 26.7. The van der Waals surface area contributed by atoms with Crippen LogP contribution >= 0.6 is 0 Å². The molecule has 0 unspecified atom stereocenters. The molecule has 37 heavy (non-hydrogen) atoms. The van der Waals surface area contributed by atoms with Crippen molar-refractivity contribution in [1.29, 1.82) is 0 Å². The predicted molar refractivity (Wildman–Crippen MR) is 136 cm³/mol. The quantitative estimate of drug-likeness (QED) is 0.308. The lowest BCUT2D eigenvalue weighted by molar-refractivity contribution is -0.139. The van der Waals surface area contributed by atoms with Gasteiger partial charge in [-0.25, -0.2) is 0 Å². The van der Waals surface area contributed by atoms with Crippen LogP contribution in [0.2, 0.25) is 0 Å². The van der Waals surface area contributed by atoms with Gasteiger partial charge in [0.25, 0.3) is 11.7 Å². The number of carbonyl (C=O) groups excluding carboxylic acids is 2. The van der Waals surface area contributed by atoms with Gasteiger partial charge in [-0.2, -0.15) is 0 Å². The molecule has 10 heteroatoms. The van der Waals surface area contributed by atoms with Crippen LogP contribution in [0.5, 0.6) is 28.7 Å². The standard InChI is InChI=1S/C27H32N2O8/c1-28(2)9-6-10-29-23(17-14-20(33-3)26(35-5)21(15-17)34-4)22(25(31)27(29)32)24(30)16-7-8-18-19(13-16)37-12-11-36-18/h7-8,13-15,23,30H,6,9-12H2,1-5H3/b24-22+/t23-/m0/s1. The van der Waals surface area contributed by atoms with Crippen LogP contribution in [-0.4, -0.2) is 88.3 Å². The van der Waals surface area contributed by atoms with Gasteiger partial charge in [0, 0.05) is 12.1 Å². The Kier molecular flexibility index (Phi) is 7.77. The Morgan fingerprint density at radius 1 is 1.00 bits per heavy atom. The van der Waals surface area contributed by atoms with Crippen molar-refractivity contribution in [2.45, 2.75) is 12.5 Å². The van der Waals surface area contributed by atoms with Crippen molar-refractivity contribution in [1.82, 2.24) is 9.80 Å². The van der Waals surface area contributed by atoms with E-state index in [9.17, 15) is 14.7 Å². The van der Waals surface area contributed by atoms with Gasteiger partial charge in [-0.1, -0.05) is 0 Å². The van der Waals surface area contributed by atoms with Gasteiger partial charge >= 0.3 is 0 Å². The second kappa shape index (κ2) is 11.0. The van der Waals surface area contributed by atoms with Crippen LogP contribution < -0.4 is 23.7 Å². The molecule has 1 fully saturated rings. The molecule has 10 nitrogen and oxygen atoms in total. The lowest BCUT2D eigenvalue weighted by atomic mass is 9.94. The van der Waals surface area contributed by atoms with E-state index in [-0.39, 0.29) is 11.3 Å². The van der Waals surface area contributed by atoms with E-state index in [1.165, 1.54) is 26.2 Å². The van der Waals surface area contributed by atoms with Crippen LogP contribution in [0.1, 0.15) is 23.6 Å². The molecule has 1 N–H and O–H groups in total. The Hall–Kier alpha value is -3.92. The van der Waals surface area contributed by atoms with E-state index < -0.39 is 17.7 Å². The highest BCUT2D eigenvalue weighted by Gasteiger charge is 2.46. The summed E-state index contributed by atoms with van der Waals surface area (Å²) in [5.41, 5.74) is 0.853. The molecule has 2 aliphatic heterocycles. The van der Waals surface area contributed by atoms with E-state index in [1.54, 1.807) is 30.3 Å². The van der Waals surface area contributed by atoms with Gasteiger partial charge in [0.15, 0.2) is 23.0 Å². The molecule has 1 atom stereocenters. The summed E-state index contributed by atoms with van der Waals surface area (Å²) in [7, 11) is 8.35. The molecule has 2 heterocycles. The summed E-state index contributed by atoms with van der Waals surface area (Å²) in [4.78, 5) is 30.1. The summed E-state index contributed by atoms with van der Waals surface area (Å²) in [5.74, 6) is 0.375. The summed E-state index contributed by atoms with van der Waals surface area (Å²) < 4.78 is 27.7. The molecular weight excluding hydrogens is 480 g/mol. The smallest absolute Gasteiger partial charge is 0.295 e. The van der Waals surface area contributed by atoms with E-state index in [0.717, 1.165) is 0 Å². The fourth-order valence-corrected chi connectivity index (χ4v) is 4.62. The summed E-state index contributed by atoms with van der Waals surface area (Å²) in [6, 6.07) is 7.42. The van der Waals surface area contributed by atoms with Crippen LogP contribution in [0.25, 0.3) is 5.76 Å². The number of carbonyl (C=O) groups is 2. The Bertz CT molecular complexity index is 1200. The van der Waals surface area contributed by atoms with Gasteiger partial charge in [0.2, 0.25) is 5.75 Å². The summed E-state index contributed by atoms with van der Waals surface area (Å²) >= 11 is 0. The lowest BCUT2D eigenvalue weighted by Crippen LogP contribution is -2.32. The Morgan fingerprint density at radius 2 is 1.65 bits per heavy atom. The SMILES string of the molecule is COc1cc([C@H]2/C(=C(\O)c3ccc4c(c3)OCCO4)C(=O)C(=O)N2CCCN(C)C)cc(OC)c1OC. The van der Waals surface area contributed by atoms with E-state index >= 15 is 0 Å². The predicted octanol–water partition coefficient (Wildman–Crippen LogP) is 2.86. The van der Waals surface area contributed by atoms with Crippen LogP contribution in [0.3, 0.4) is 0 Å². The molecule has 2 aromatic carbocycles. The van der Waals surface area contributed by atoms with Crippen LogP contribution in [0.4, 0.5) is 0 Å². The number of ketones is 1. The van der Waals surface area contributed by atoms with Crippen molar-refractivity contribution >= 4 is 17.4 Å². The highest BCUT2D eigenvalue weighted by Crippen LogP contribution is 2.46. The lowest BCUT2D eigenvalue weighted by Gasteiger charge is -2.27. The largest absolute Gasteiger partial charge is 0.507 e. The summed E-state index contributed by atoms with van der Waals surface area (Å²) in [6.07, 6.45) is 0.630. The molecule has 0 radical (unpaired) electrons. The molecule has 4 rings (SSSR count). The average molecular weight is 513 g/mol. The molecule has 0 saturated carbocycles. The van der Waals surface area contributed by atoms with Crippen molar-refractivity contribution in [3.8, 4) is 28.7 Å². The van der Waals surface area contributed by atoms with Gasteiger partial charge in [0.05, 0.1) is 32.9 Å². The highest BCUT2D eigenvalue weighted by atomic mass is 16.6. The van der Waals surface area contributed by atoms with E-state index in [2.05, 4.69) is 0 Å². The second-order valence-electron chi connectivity index (χ2n) is 8.97. The summed E-state index contributed by atoms with van der Waals surface area (Å²) in [5, 5.41) is 11.4. The number of benzene rings is 2. The Balaban J connectivity index is 1.87. The van der Waals surface area contributed by atoms with Gasteiger partial charge in [0.1, 0.15) is 19.0 Å². The number of likely N-dealkylation sites (tertiary alicyclic amines) is 1. The van der Waals surface area contributed by atoms with Crippen LogP contribution in [0.15, 0.2) is 35.9 Å². The Labute approximate surface area is 215 Å². The first kappa shape index (κ1) is 26.2. The number of amides is 1. The maximum absolute atomic E-state index is 13.4. The minimum Gasteiger partial charge on any atom is -0.507 e. The first-order valence-electron chi connectivity index (χ1n) is 11.9. The third-order valence-electron chi connectivity index (χ3n) is 6.36. The van der Waals surface area contributed by atoms with E-state index in [1.807, 2.05) is 19.0 Å². The molecule has 1 saturated heterocycles. The highest BCUT2D eigenvalue weighted by molar-refractivity contribution is 6.46. The number of nitrogens with zero attached hydrogens (tertiary/aromatic N) is 2. The van der Waals surface area contributed by atoms with Gasteiger partial charge in [-0.3, -0.25) is 9.59 Å². The van der Waals surface area contributed by atoms with Crippen molar-refractivity contribution in [2.75, 3.05) is 61.7 Å². The molecule has 0 aliphatic carbocycles. The molecule has 0 aromatic heterocycles. The van der Waals surface area contributed by atoms with E-state index in [0.29, 0.717) is 72.6 Å². The maximum Gasteiger partial charge on any atom is 0.295 e. The molecule has 0 spiro atoms. The zero-order valence-corrected chi connectivity index (χ0v) is 21.7. The minimum absolute atomic E-state index is 0.0270. The number of hydrogen-bond acceptors (Lipinski definition) is 9. The van der Waals surface area contributed by atoms with Crippen molar-refractivity contribution in [2.24, 2.45) is 0 Å². The fraction of sp³-hybridized carbons (Fsp3) is 0.407. The third-order valence-corrected chi connectivity index (χ3v) is 6.36. The van der Waals surface area contributed by atoms with Crippen molar-refractivity contribution < 1.29 is 38.4 Å². The average Bonchev–Trinajstić information content (AvgIpc) is 3.16. The number of methoxy groups -OCH3 is 3. The molecule has 1 amide bonds. The molecule has 2 aromatic rings. The van der Waals surface area contributed by atoms with Gasteiger partial charge in [-0.15, -0.1) is 0 Å². The van der Waals surface area contributed by atoms with Crippen molar-refractivity contribution in [3.63, 3.8) is 0 Å². The number of aliphatic hydroxyl groups is 1. The first-order chi connectivity index (χ1) is 17.8. The number of ether oxygens (including phenoxy) is 5. The zero-order valence-electron chi connectivity index (χ0n) is 21.7. The molecule has 2 aliphatic rings. The molecule has 198 valence electrons. The monoisotopic (exact) mass is 512 g/mol. The molecule has 0 bridgehead atoms. The van der Waals surface area contributed by atoms with Crippen molar-refractivity contribution in [3.05, 3.63) is 47.0 Å². The number of fused-ring (bicyclic) bond motifs is 1. The van der Waals surface area contributed by atoms with Crippen LogP contribution in [-0.2, 0) is 9.59 Å². The normalized spacial score (nSPS) is 18.3. The number of rotatable bonds is 9. The van der Waals surface area contributed by atoms with E-state index in [4.69, 9.17) is 23.7 Å². The minimum atomic E-state index is -0.871. The number of Topliss-reactive ketones (excluding diaryl/α,β-unsaturated/α-hetero) is 1.